The molecule has 0 fully saturated rings. The molecule has 2 rings (SSSR count). The molecule has 0 aliphatic carbocycles. The number of nitrogens with zero attached hydrogens (tertiary/aromatic N) is 6. The summed E-state index contributed by atoms with van der Waals surface area (Å²) in [6, 6.07) is -0.737. The van der Waals surface area contributed by atoms with Gasteiger partial charge in [-0.1, -0.05) is 19.8 Å². The molecule has 0 aromatic carbocycles. The Morgan fingerprint density at radius 1 is 1.44 bits per heavy atom. The van der Waals surface area contributed by atoms with Gasteiger partial charge in [0.15, 0.2) is 5.82 Å². The summed E-state index contributed by atoms with van der Waals surface area (Å²) in [5.41, 5.74) is 0. The van der Waals surface area contributed by atoms with Crippen LogP contribution in [-0.2, 0) is 6.42 Å². The van der Waals surface area contributed by atoms with Gasteiger partial charge in [-0.2, -0.15) is 19.2 Å². The quantitative estimate of drug-likeness (QED) is 0.765. The van der Waals surface area contributed by atoms with Crippen molar-refractivity contribution >= 4 is 6.03 Å². The third kappa shape index (κ3) is 2.58. The van der Waals surface area contributed by atoms with E-state index in [0.717, 1.165) is 23.9 Å². The predicted octanol–water partition coefficient (Wildman–Crippen LogP) is 1.26. The van der Waals surface area contributed by atoms with E-state index < -0.39 is 12.1 Å². The summed E-state index contributed by atoms with van der Waals surface area (Å²) >= 11 is 0. The molecule has 0 atom stereocenters. The molecule has 0 aliphatic heterocycles. The zero-order valence-corrected chi connectivity index (χ0v) is 9.95. The van der Waals surface area contributed by atoms with Gasteiger partial charge in [0.1, 0.15) is 12.7 Å². The van der Waals surface area contributed by atoms with E-state index in [9.17, 15) is 9.18 Å². The number of rotatable bonds is 4. The molecule has 0 amide bonds. The minimum absolute atomic E-state index is 0.328. The monoisotopic (exact) mass is 252 g/mol. The van der Waals surface area contributed by atoms with Crippen molar-refractivity contribution in [3.05, 3.63) is 24.6 Å². The van der Waals surface area contributed by atoms with Crippen LogP contribution in [0.15, 0.2) is 12.7 Å². The molecule has 0 saturated carbocycles. The van der Waals surface area contributed by atoms with Crippen molar-refractivity contribution in [1.29, 1.82) is 0 Å². The molecule has 2 aromatic heterocycles. The second kappa shape index (κ2) is 5.48. The number of halogens is 1. The summed E-state index contributed by atoms with van der Waals surface area (Å²) in [4.78, 5) is 19.0. The first-order chi connectivity index (χ1) is 8.72. The van der Waals surface area contributed by atoms with Crippen molar-refractivity contribution < 1.29 is 9.18 Å². The van der Waals surface area contributed by atoms with Gasteiger partial charge in [-0.05, 0) is 6.42 Å². The topological polar surface area (TPSA) is 78.5 Å². The SMILES string of the molecule is CCCCCc1nc(F)n(C(=O)n2cncn2)n1. The van der Waals surface area contributed by atoms with Crippen molar-refractivity contribution in [2.75, 3.05) is 0 Å². The summed E-state index contributed by atoms with van der Waals surface area (Å²) in [5, 5.41) is 7.45. The molecule has 96 valence electrons. The van der Waals surface area contributed by atoms with E-state index in [1.807, 2.05) is 0 Å². The normalized spacial score (nSPS) is 10.8. The maximum absolute atomic E-state index is 13.5. The molecule has 2 heterocycles. The van der Waals surface area contributed by atoms with E-state index in [1.54, 1.807) is 0 Å². The summed E-state index contributed by atoms with van der Waals surface area (Å²) in [6.45, 7) is 2.07. The summed E-state index contributed by atoms with van der Waals surface area (Å²) in [5.74, 6) is 0.328. The van der Waals surface area contributed by atoms with Gasteiger partial charge in [0.25, 0.3) is 0 Å². The molecule has 2 aromatic rings. The van der Waals surface area contributed by atoms with Gasteiger partial charge in [0.05, 0.1) is 0 Å². The van der Waals surface area contributed by atoms with Crippen molar-refractivity contribution in [1.82, 2.24) is 29.5 Å². The van der Waals surface area contributed by atoms with Gasteiger partial charge in [0.2, 0.25) is 0 Å². The van der Waals surface area contributed by atoms with Gasteiger partial charge in [-0.3, -0.25) is 0 Å². The molecule has 0 aliphatic rings. The average molecular weight is 252 g/mol. The van der Waals surface area contributed by atoms with Gasteiger partial charge in [-0.15, -0.1) is 9.78 Å². The number of unbranched alkanes of at least 4 members (excludes halogenated alkanes) is 2. The lowest BCUT2D eigenvalue weighted by atomic mass is 10.2. The second-order valence-corrected chi connectivity index (χ2v) is 3.79. The second-order valence-electron chi connectivity index (χ2n) is 3.79. The molecule has 0 radical (unpaired) electrons. The van der Waals surface area contributed by atoms with Crippen LogP contribution < -0.4 is 0 Å². The predicted molar refractivity (Wildman–Crippen MR) is 59.4 cm³/mol. The maximum Gasteiger partial charge on any atom is 0.374 e. The first-order valence-corrected chi connectivity index (χ1v) is 5.73. The van der Waals surface area contributed by atoms with Crippen LogP contribution >= 0.6 is 0 Å². The van der Waals surface area contributed by atoms with Crippen molar-refractivity contribution in [2.24, 2.45) is 0 Å². The minimum atomic E-state index is -0.929. The first-order valence-electron chi connectivity index (χ1n) is 5.73. The van der Waals surface area contributed by atoms with E-state index in [0.29, 0.717) is 16.9 Å². The Hall–Kier alpha value is -2.12. The maximum atomic E-state index is 13.5. The van der Waals surface area contributed by atoms with Gasteiger partial charge in [-0.25, -0.2) is 9.78 Å². The van der Waals surface area contributed by atoms with Crippen LogP contribution in [0.2, 0.25) is 0 Å². The fourth-order valence-electron chi connectivity index (χ4n) is 1.50. The third-order valence-electron chi connectivity index (χ3n) is 2.41. The molecule has 0 N–H and O–H groups in total. The highest BCUT2D eigenvalue weighted by molar-refractivity contribution is 5.76. The summed E-state index contributed by atoms with van der Waals surface area (Å²) in [7, 11) is 0. The van der Waals surface area contributed by atoms with E-state index in [1.165, 1.54) is 12.7 Å². The molecule has 0 unspecified atom stereocenters. The summed E-state index contributed by atoms with van der Waals surface area (Å²) in [6.07, 6.45) is 4.95. The number of hydrogen-bond acceptors (Lipinski definition) is 5. The van der Waals surface area contributed by atoms with Crippen LogP contribution in [-0.4, -0.2) is 35.6 Å². The van der Waals surface area contributed by atoms with Crippen LogP contribution in [0.5, 0.6) is 0 Å². The van der Waals surface area contributed by atoms with E-state index >= 15 is 0 Å². The van der Waals surface area contributed by atoms with Crippen LogP contribution in [0.25, 0.3) is 0 Å². The average Bonchev–Trinajstić information content (AvgIpc) is 2.98. The fraction of sp³-hybridized carbons (Fsp3) is 0.500. The van der Waals surface area contributed by atoms with E-state index in [-0.39, 0.29) is 0 Å². The molecule has 0 spiro atoms. The lowest BCUT2D eigenvalue weighted by Gasteiger charge is -1.97. The van der Waals surface area contributed by atoms with Gasteiger partial charge >= 0.3 is 12.1 Å². The number of aromatic nitrogens is 6. The first kappa shape index (κ1) is 12.3. The molecular weight excluding hydrogens is 239 g/mol. The smallest absolute Gasteiger partial charge is 0.243 e. The zero-order chi connectivity index (χ0) is 13.0. The molecule has 0 saturated heterocycles. The minimum Gasteiger partial charge on any atom is -0.243 e. The largest absolute Gasteiger partial charge is 0.374 e. The Labute approximate surface area is 103 Å². The van der Waals surface area contributed by atoms with Crippen LogP contribution in [0.4, 0.5) is 9.18 Å². The number of aryl methyl sites for hydroxylation is 1. The highest BCUT2D eigenvalue weighted by Crippen LogP contribution is 2.04. The highest BCUT2D eigenvalue weighted by Gasteiger charge is 2.17. The summed E-state index contributed by atoms with van der Waals surface area (Å²) < 4.78 is 15.0. The van der Waals surface area contributed by atoms with Crippen molar-refractivity contribution in [3.63, 3.8) is 0 Å². The number of carbonyl (C=O) groups excluding carboxylic acids is 1. The Kier molecular flexibility index (Phi) is 3.75. The Balaban J connectivity index is 2.11. The Bertz CT molecular complexity index is 520. The van der Waals surface area contributed by atoms with Crippen LogP contribution in [0, 0.1) is 6.08 Å². The molecule has 0 bridgehead atoms. The third-order valence-corrected chi connectivity index (χ3v) is 2.41. The van der Waals surface area contributed by atoms with Crippen molar-refractivity contribution in [2.45, 2.75) is 32.6 Å². The van der Waals surface area contributed by atoms with E-state index in [2.05, 4.69) is 27.1 Å². The lowest BCUT2D eigenvalue weighted by molar-refractivity contribution is 0.233. The zero-order valence-electron chi connectivity index (χ0n) is 9.95. The molecule has 8 heteroatoms. The van der Waals surface area contributed by atoms with Crippen LogP contribution in [0.3, 0.4) is 0 Å². The van der Waals surface area contributed by atoms with Crippen LogP contribution in [0.1, 0.15) is 32.0 Å². The van der Waals surface area contributed by atoms with E-state index in [4.69, 9.17) is 0 Å². The number of carbonyl (C=O) groups is 1. The number of hydrogen-bond donors (Lipinski definition) is 0. The fourth-order valence-corrected chi connectivity index (χ4v) is 1.50. The highest BCUT2D eigenvalue weighted by atomic mass is 19.1. The molecular formula is C10H13FN6O. The van der Waals surface area contributed by atoms with Gasteiger partial charge in [0, 0.05) is 6.42 Å². The standard InChI is InChI=1S/C10H13FN6O/c1-2-3-4-5-8-14-9(11)17(15-8)10(18)16-7-12-6-13-16/h6-7H,2-5H2,1H3. The Morgan fingerprint density at radius 2 is 2.28 bits per heavy atom. The molecule has 18 heavy (non-hydrogen) atoms. The van der Waals surface area contributed by atoms with Gasteiger partial charge < -0.3 is 0 Å². The lowest BCUT2D eigenvalue weighted by Crippen LogP contribution is -2.22. The molecule has 7 nitrogen and oxygen atoms in total. The Morgan fingerprint density at radius 3 is 2.94 bits per heavy atom. The van der Waals surface area contributed by atoms with Crippen molar-refractivity contribution in [3.8, 4) is 0 Å².